The van der Waals surface area contributed by atoms with Crippen LogP contribution in [0.5, 0.6) is 0 Å². The first-order valence-corrected chi connectivity index (χ1v) is 12.0. The molecular formula is C25H28N4O2S. The molecule has 4 rings (SSSR count). The number of aromatic nitrogens is 3. The summed E-state index contributed by atoms with van der Waals surface area (Å²) in [4.78, 5) is 24.3. The number of nitrogens with one attached hydrogen (secondary N) is 1. The summed E-state index contributed by atoms with van der Waals surface area (Å²) < 4.78 is 2.12. The zero-order valence-electron chi connectivity index (χ0n) is 18.5. The highest BCUT2D eigenvalue weighted by Gasteiger charge is 2.26. The van der Waals surface area contributed by atoms with E-state index < -0.39 is 0 Å². The van der Waals surface area contributed by atoms with E-state index in [4.69, 9.17) is 0 Å². The number of thioether (sulfide) groups is 1. The number of Topliss-reactive ketones (excluding diaryl/α,β-unsaturated/α-hetero) is 1. The maximum atomic E-state index is 12.8. The number of carbonyl (C=O) groups is 2. The Morgan fingerprint density at radius 3 is 2.34 bits per heavy atom. The summed E-state index contributed by atoms with van der Waals surface area (Å²) in [6.45, 7) is 3.39. The molecule has 6 nitrogen and oxygen atoms in total. The highest BCUT2D eigenvalue weighted by Crippen LogP contribution is 2.35. The number of amides is 1. The van der Waals surface area contributed by atoms with Gasteiger partial charge in [0.1, 0.15) is 5.82 Å². The van der Waals surface area contributed by atoms with E-state index in [2.05, 4.69) is 32.2 Å². The first-order valence-electron chi connectivity index (χ1n) is 11.1. The fourth-order valence-electron chi connectivity index (χ4n) is 4.05. The molecule has 2 aromatic carbocycles. The van der Waals surface area contributed by atoms with E-state index in [9.17, 15) is 9.59 Å². The van der Waals surface area contributed by atoms with Crippen molar-refractivity contribution in [2.75, 3.05) is 5.32 Å². The van der Waals surface area contributed by atoms with Crippen molar-refractivity contribution >= 4 is 29.1 Å². The monoisotopic (exact) mass is 448 g/mol. The molecule has 1 saturated carbocycles. The average molecular weight is 449 g/mol. The summed E-state index contributed by atoms with van der Waals surface area (Å²) in [7, 11) is 0. The van der Waals surface area contributed by atoms with Gasteiger partial charge in [-0.2, -0.15) is 0 Å². The second-order valence-electron chi connectivity index (χ2n) is 8.23. The number of carbonyl (C=O) groups excluding carboxylic acids is 2. The number of benzene rings is 2. The van der Waals surface area contributed by atoms with Crippen LogP contribution in [-0.4, -0.2) is 31.7 Å². The van der Waals surface area contributed by atoms with Crippen LogP contribution in [0.3, 0.4) is 0 Å². The second-order valence-corrected chi connectivity index (χ2v) is 9.54. The molecule has 0 bridgehead atoms. The van der Waals surface area contributed by atoms with Crippen molar-refractivity contribution in [2.24, 2.45) is 0 Å². The molecule has 1 aliphatic rings. The molecule has 32 heavy (non-hydrogen) atoms. The van der Waals surface area contributed by atoms with Crippen molar-refractivity contribution in [2.45, 2.75) is 62.3 Å². The van der Waals surface area contributed by atoms with Crippen molar-refractivity contribution in [3.63, 3.8) is 0 Å². The van der Waals surface area contributed by atoms with Gasteiger partial charge in [0, 0.05) is 22.9 Å². The average Bonchev–Trinajstić information content (AvgIpc) is 3.24. The van der Waals surface area contributed by atoms with Crippen LogP contribution in [0.2, 0.25) is 0 Å². The van der Waals surface area contributed by atoms with Crippen molar-refractivity contribution in [3.8, 4) is 5.69 Å². The first kappa shape index (κ1) is 22.3. The highest BCUT2D eigenvalue weighted by atomic mass is 32.2. The minimum atomic E-state index is -0.367. The minimum Gasteiger partial charge on any atom is -0.325 e. The Morgan fingerprint density at radius 2 is 1.69 bits per heavy atom. The Hall–Kier alpha value is -2.93. The molecule has 1 heterocycles. The zero-order chi connectivity index (χ0) is 22.5. The largest absolute Gasteiger partial charge is 0.325 e. The number of rotatable bonds is 7. The minimum absolute atomic E-state index is 0.000758. The lowest BCUT2D eigenvalue weighted by molar-refractivity contribution is -0.115. The molecule has 1 N–H and O–H groups in total. The SMILES string of the molecule is CC(=O)c1ccc(NC(=O)C(C)Sc2nnc(C3CCCCC3)n2-c2ccccc2)cc1. The Balaban J connectivity index is 1.53. The van der Waals surface area contributed by atoms with E-state index in [0.717, 1.165) is 29.5 Å². The number of hydrogen-bond donors (Lipinski definition) is 1. The molecule has 1 atom stereocenters. The van der Waals surface area contributed by atoms with Gasteiger partial charge in [-0.3, -0.25) is 14.2 Å². The maximum Gasteiger partial charge on any atom is 0.237 e. The Bertz CT molecular complexity index is 1070. The quantitative estimate of drug-likeness (QED) is 0.374. The van der Waals surface area contributed by atoms with Crippen LogP contribution in [0.4, 0.5) is 5.69 Å². The first-order chi connectivity index (χ1) is 15.5. The van der Waals surface area contributed by atoms with E-state index in [1.54, 1.807) is 24.3 Å². The zero-order valence-corrected chi connectivity index (χ0v) is 19.3. The van der Waals surface area contributed by atoms with E-state index in [1.807, 2.05) is 25.1 Å². The van der Waals surface area contributed by atoms with Gasteiger partial charge >= 0.3 is 0 Å². The van der Waals surface area contributed by atoms with Crippen molar-refractivity contribution in [1.29, 1.82) is 0 Å². The molecule has 1 amide bonds. The molecule has 0 radical (unpaired) electrons. The van der Waals surface area contributed by atoms with Crippen LogP contribution >= 0.6 is 11.8 Å². The molecule has 1 unspecified atom stereocenters. The van der Waals surface area contributed by atoms with E-state index >= 15 is 0 Å². The number of nitrogens with zero attached hydrogens (tertiary/aromatic N) is 3. The lowest BCUT2D eigenvalue weighted by Crippen LogP contribution is -2.23. The molecule has 7 heteroatoms. The number of para-hydroxylation sites is 1. The fourth-order valence-corrected chi connectivity index (χ4v) is 4.92. The smallest absolute Gasteiger partial charge is 0.237 e. The topological polar surface area (TPSA) is 76.9 Å². The standard InChI is InChI=1S/C25H28N4O2S/c1-17(30)19-13-15-21(16-14-19)26-24(31)18(2)32-25-28-27-23(20-9-5-3-6-10-20)29(25)22-11-7-4-8-12-22/h4,7-8,11-16,18,20H,3,5-6,9-10H2,1-2H3,(H,26,31). The summed E-state index contributed by atoms with van der Waals surface area (Å²) >= 11 is 1.41. The van der Waals surface area contributed by atoms with Crippen LogP contribution in [0.1, 0.15) is 68.1 Å². The molecular weight excluding hydrogens is 420 g/mol. The van der Waals surface area contributed by atoms with Gasteiger partial charge < -0.3 is 5.32 Å². The van der Waals surface area contributed by atoms with Crippen LogP contribution in [0, 0.1) is 0 Å². The third kappa shape index (κ3) is 5.10. The summed E-state index contributed by atoms with van der Waals surface area (Å²) in [5, 5.41) is 12.3. The molecule has 166 valence electrons. The van der Waals surface area contributed by atoms with Crippen molar-refractivity contribution < 1.29 is 9.59 Å². The predicted octanol–water partition coefficient (Wildman–Crippen LogP) is 5.64. The van der Waals surface area contributed by atoms with Gasteiger partial charge in [-0.05, 0) is 63.1 Å². The molecule has 1 fully saturated rings. The summed E-state index contributed by atoms with van der Waals surface area (Å²) in [6.07, 6.45) is 5.97. The summed E-state index contributed by atoms with van der Waals surface area (Å²) in [5.74, 6) is 1.27. The third-order valence-corrected chi connectivity index (χ3v) is 6.90. The van der Waals surface area contributed by atoms with E-state index in [1.165, 1.54) is 37.9 Å². The number of hydrogen-bond acceptors (Lipinski definition) is 5. The molecule has 1 aromatic heterocycles. The van der Waals surface area contributed by atoms with Gasteiger partial charge in [0.2, 0.25) is 5.91 Å². The lowest BCUT2D eigenvalue weighted by atomic mass is 9.88. The van der Waals surface area contributed by atoms with Crippen molar-refractivity contribution in [1.82, 2.24) is 14.8 Å². The van der Waals surface area contributed by atoms with E-state index in [0.29, 0.717) is 17.2 Å². The molecule has 1 aliphatic carbocycles. The van der Waals surface area contributed by atoms with E-state index in [-0.39, 0.29) is 16.9 Å². The molecule has 0 aliphatic heterocycles. The summed E-state index contributed by atoms with van der Waals surface area (Å²) in [6, 6.07) is 17.1. The molecule has 0 spiro atoms. The van der Waals surface area contributed by atoms with Crippen LogP contribution in [-0.2, 0) is 4.79 Å². The molecule has 3 aromatic rings. The normalized spacial score (nSPS) is 15.3. The second kappa shape index (κ2) is 10.1. The van der Waals surface area contributed by atoms with Gasteiger partial charge in [-0.25, -0.2) is 0 Å². The van der Waals surface area contributed by atoms with Crippen molar-refractivity contribution in [3.05, 3.63) is 66.0 Å². The summed E-state index contributed by atoms with van der Waals surface area (Å²) in [5.41, 5.74) is 2.31. The fraction of sp³-hybridized carbons (Fsp3) is 0.360. The molecule has 0 saturated heterocycles. The highest BCUT2D eigenvalue weighted by molar-refractivity contribution is 8.00. The third-order valence-electron chi connectivity index (χ3n) is 5.85. The van der Waals surface area contributed by atoms with Gasteiger partial charge in [0.25, 0.3) is 0 Å². The van der Waals surface area contributed by atoms with Crippen LogP contribution in [0.15, 0.2) is 59.8 Å². The van der Waals surface area contributed by atoms with Crippen LogP contribution < -0.4 is 5.32 Å². The Morgan fingerprint density at radius 1 is 1.00 bits per heavy atom. The number of anilines is 1. The number of ketones is 1. The Labute approximate surface area is 192 Å². The lowest BCUT2D eigenvalue weighted by Gasteiger charge is -2.22. The maximum absolute atomic E-state index is 12.8. The predicted molar refractivity (Wildman–Crippen MR) is 128 cm³/mol. The van der Waals surface area contributed by atoms with Crippen LogP contribution in [0.25, 0.3) is 5.69 Å². The van der Waals surface area contributed by atoms with Gasteiger partial charge in [0.05, 0.1) is 5.25 Å². The van der Waals surface area contributed by atoms with Gasteiger partial charge in [-0.1, -0.05) is 49.2 Å². The van der Waals surface area contributed by atoms with Gasteiger partial charge in [0.15, 0.2) is 10.9 Å². The Kier molecular flexibility index (Phi) is 7.05. The van der Waals surface area contributed by atoms with Gasteiger partial charge in [-0.15, -0.1) is 10.2 Å².